The van der Waals surface area contributed by atoms with E-state index in [4.69, 9.17) is 32.7 Å². The molecule has 1 aliphatic heterocycles. The fourth-order valence-corrected chi connectivity index (χ4v) is 6.18. The molecule has 0 saturated carbocycles. The minimum Gasteiger partial charge on any atom is -0.495 e. The van der Waals surface area contributed by atoms with Crippen molar-refractivity contribution in [2.75, 3.05) is 37.9 Å². The highest BCUT2D eigenvalue weighted by molar-refractivity contribution is 6.42. The number of likely N-dealkylation sites (tertiary alicyclic amines) is 1. The maximum atomic E-state index is 13.5. The van der Waals surface area contributed by atoms with Crippen molar-refractivity contribution >= 4 is 57.8 Å². The lowest BCUT2D eigenvalue weighted by Crippen LogP contribution is -2.44. The molecule has 48 heavy (non-hydrogen) atoms. The Labute approximate surface area is 290 Å². The van der Waals surface area contributed by atoms with Gasteiger partial charge in [-0.3, -0.25) is 14.5 Å². The van der Waals surface area contributed by atoms with Gasteiger partial charge in [0.05, 0.1) is 31.2 Å². The number of hydrogen-bond donors (Lipinski definition) is 3. The Morgan fingerprint density at radius 2 is 1.60 bits per heavy atom. The minimum atomic E-state index is -0.485. The molecule has 1 aromatic heterocycles. The van der Waals surface area contributed by atoms with Crippen molar-refractivity contribution in [2.45, 2.75) is 39.3 Å². The van der Waals surface area contributed by atoms with Gasteiger partial charge in [-0.25, -0.2) is 9.97 Å². The normalized spacial score (nSPS) is 13.9. The molecule has 3 N–H and O–H groups in total. The smallest absolute Gasteiger partial charge is 0.257 e. The molecule has 1 aliphatic rings. The summed E-state index contributed by atoms with van der Waals surface area (Å²) < 4.78 is 10.6. The number of halogens is 2. The van der Waals surface area contributed by atoms with Crippen LogP contribution in [0.3, 0.4) is 0 Å². The highest BCUT2D eigenvalue weighted by atomic mass is 35.5. The molecule has 0 bridgehead atoms. The monoisotopic (exact) mass is 688 g/mol. The average Bonchev–Trinajstić information content (AvgIpc) is 3.10. The molecule has 0 atom stereocenters. The van der Waals surface area contributed by atoms with Gasteiger partial charge in [-0.15, -0.1) is 0 Å². The van der Waals surface area contributed by atoms with Gasteiger partial charge >= 0.3 is 0 Å². The number of amides is 2. The van der Waals surface area contributed by atoms with Crippen molar-refractivity contribution in [1.82, 2.24) is 20.2 Å². The van der Waals surface area contributed by atoms with Crippen LogP contribution >= 0.6 is 23.2 Å². The Hall–Kier alpha value is -4.64. The molecule has 10 nitrogen and oxygen atoms in total. The van der Waals surface area contributed by atoms with Crippen LogP contribution in [-0.4, -0.2) is 60.0 Å². The van der Waals surface area contributed by atoms with Crippen molar-refractivity contribution in [3.05, 3.63) is 105 Å². The molecule has 3 aromatic carbocycles. The molecule has 0 unspecified atom stereocenters. The van der Waals surface area contributed by atoms with Gasteiger partial charge in [0.1, 0.15) is 33.7 Å². The predicted octanol–water partition coefficient (Wildman–Crippen LogP) is 7.29. The van der Waals surface area contributed by atoms with E-state index in [1.165, 1.54) is 26.1 Å². The molecule has 12 heteroatoms. The lowest BCUT2D eigenvalue weighted by molar-refractivity contribution is -0.111. The molecule has 0 aliphatic carbocycles. The Morgan fingerprint density at radius 3 is 2.21 bits per heavy atom. The predicted molar refractivity (Wildman–Crippen MR) is 191 cm³/mol. The maximum Gasteiger partial charge on any atom is 0.257 e. The molecule has 2 heterocycles. The number of nitrogens with one attached hydrogen (secondary N) is 3. The lowest BCUT2D eigenvalue weighted by Gasteiger charge is -2.32. The number of aromatic nitrogens is 2. The summed E-state index contributed by atoms with van der Waals surface area (Å²) in [6.45, 7) is 6.36. The topological polar surface area (TPSA) is 118 Å². The number of nitrogens with zero attached hydrogens (tertiary/aromatic N) is 3. The highest BCUT2D eigenvalue weighted by Gasteiger charge is 2.24. The fraction of sp³-hybridized carbons (Fsp3) is 0.278. The van der Waals surface area contributed by atoms with E-state index >= 15 is 0 Å². The van der Waals surface area contributed by atoms with Crippen LogP contribution in [0.25, 0.3) is 5.57 Å². The maximum absolute atomic E-state index is 13.5. The van der Waals surface area contributed by atoms with Crippen LogP contribution in [0, 0.1) is 6.92 Å². The first-order chi connectivity index (χ1) is 23.2. The third-order valence-electron chi connectivity index (χ3n) is 8.27. The second-order valence-electron chi connectivity index (χ2n) is 11.3. The summed E-state index contributed by atoms with van der Waals surface area (Å²) in [5, 5.41) is 9.52. The number of ether oxygens (including phenoxy) is 2. The number of benzene rings is 3. The van der Waals surface area contributed by atoms with Gasteiger partial charge in [-0.05, 0) is 56.5 Å². The van der Waals surface area contributed by atoms with Crippen LogP contribution in [-0.2, 0) is 11.3 Å². The van der Waals surface area contributed by atoms with Crippen LogP contribution in [0.15, 0.2) is 73.1 Å². The zero-order chi connectivity index (χ0) is 34.2. The molecule has 5 rings (SSSR count). The Kier molecular flexibility index (Phi) is 11.5. The third kappa shape index (κ3) is 8.07. The Bertz CT molecular complexity index is 1760. The molecular formula is C36H38Cl2N6O4. The first-order valence-electron chi connectivity index (χ1n) is 15.6. The summed E-state index contributed by atoms with van der Waals surface area (Å²) in [4.78, 5) is 37.7. The molecule has 1 saturated heterocycles. The second-order valence-corrected chi connectivity index (χ2v) is 12.1. The van der Waals surface area contributed by atoms with Gasteiger partial charge in [0.15, 0.2) is 0 Å². The number of piperidine rings is 1. The number of carbonyl (C=O) groups excluding carboxylic acids is 2. The average molecular weight is 690 g/mol. The van der Waals surface area contributed by atoms with E-state index in [2.05, 4.69) is 55.1 Å². The molecular weight excluding hydrogens is 651 g/mol. The highest BCUT2D eigenvalue weighted by Crippen LogP contribution is 2.44. The van der Waals surface area contributed by atoms with E-state index in [9.17, 15) is 9.59 Å². The van der Waals surface area contributed by atoms with Gasteiger partial charge in [-0.2, -0.15) is 0 Å². The van der Waals surface area contributed by atoms with E-state index in [1.807, 2.05) is 25.1 Å². The van der Waals surface area contributed by atoms with Crippen LogP contribution in [0.1, 0.15) is 46.9 Å². The van der Waals surface area contributed by atoms with Crippen molar-refractivity contribution < 1.29 is 19.1 Å². The lowest BCUT2D eigenvalue weighted by atomic mass is 10.0. The quantitative estimate of drug-likeness (QED) is 0.141. The Morgan fingerprint density at radius 1 is 0.958 bits per heavy atom. The SMILES string of the molecule is C/C=C(/C(=O)Nc1c(Cl)c(OC)cc(OC)c1Cl)c1ncnc(Nc2ccc(C(=O)NC3CCN(Cc4ccccc4)CC3)cc2)c1C. The van der Waals surface area contributed by atoms with Gasteiger partial charge < -0.3 is 25.4 Å². The number of rotatable bonds is 11. The van der Waals surface area contributed by atoms with Crippen LogP contribution in [0.2, 0.25) is 10.0 Å². The summed E-state index contributed by atoms with van der Waals surface area (Å²) in [6, 6.07) is 19.3. The van der Waals surface area contributed by atoms with Crippen LogP contribution < -0.4 is 25.4 Å². The number of carbonyl (C=O) groups is 2. The summed E-state index contributed by atoms with van der Waals surface area (Å²) in [6.07, 6.45) is 4.85. The van der Waals surface area contributed by atoms with Gasteiger partial charge in [0.2, 0.25) is 0 Å². The van der Waals surface area contributed by atoms with Crippen molar-refractivity contribution in [2.24, 2.45) is 0 Å². The zero-order valence-corrected chi connectivity index (χ0v) is 28.8. The van der Waals surface area contributed by atoms with E-state index in [1.54, 1.807) is 31.2 Å². The number of methoxy groups -OCH3 is 2. The van der Waals surface area contributed by atoms with Crippen molar-refractivity contribution in [1.29, 1.82) is 0 Å². The molecule has 4 aromatic rings. The number of hydrogen-bond acceptors (Lipinski definition) is 8. The third-order valence-corrected chi connectivity index (χ3v) is 9.02. The van der Waals surface area contributed by atoms with Crippen molar-refractivity contribution in [3.63, 3.8) is 0 Å². The molecule has 2 amide bonds. The van der Waals surface area contributed by atoms with E-state index in [0.29, 0.717) is 34.1 Å². The zero-order valence-electron chi connectivity index (χ0n) is 27.3. The minimum absolute atomic E-state index is 0.0961. The standard InChI is InChI=1S/C36H38Cl2N6O4/c1-5-27(36(46)43-33-30(37)28(47-3)19-29(48-4)31(33)38)32-22(2)34(40-21-39-32)41-25-13-11-24(12-14-25)35(45)42-26-15-17-44(18-16-26)20-23-9-7-6-8-10-23/h5-14,19,21,26H,15-18,20H2,1-4H3,(H,42,45)(H,43,46)(H,39,40,41)/b27-5+. The van der Waals surface area contributed by atoms with E-state index in [0.717, 1.165) is 38.2 Å². The van der Waals surface area contributed by atoms with Crippen LogP contribution in [0.5, 0.6) is 11.5 Å². The van der Waals surface area contributed by atoms with Gasteiger partial charge in [-0.1, -0.05) is 59.6 Å². The molecule has 0 radical (unpaired) electrons. The largest absolute Gasteiger partial charge is 0.495 e. The summed E-state index contributed by atoms with van der Waals surface area (Å²) >= 11 is 13.0. The molecule has 250 valence electrons. The fourth-order valence-electron chi connectivity index (χ4n) is 5.59. The first kappa shape index (κ1) is 34.7. The van der Waals surface area contributed by atoms with Gasteiger partial charge in [0.25, 0.3) is 11.8 Å². The number of allylic oxidation sites excluding steroid dienone is 1. The second kappa shape index (κ2) is 16.0. The van der Waals surface area contributed by atoms with Crippen molar-refractivity contribution in [3.8, 4) is 11.5 Å². The van der Waals surface area contributed by atoms with Gasteiger partial charge in [0, 0.05) is 48.6 Å². The molecule has 1 fully saturated rings. The summed E-state index contributed by atoms with van der Waals surface area (Å²) in [5.41, 5.74) is 4.10. The van der Waals surface area contributed by atoms with E-state index in [-0.39, 0.29) is 33.3 Å². The Balaban J connectivity index is 1.21. The van der Waals surface area contributed by atoms with Crippen LogP contribution in [0.4, 0.5) is 17.2 Å². The van der Waals surface area contributed by atoms with E-state index < -0.39 is 5.91 Å². The number of anilines is 3. The summed E-state index contributed by atoms with van der Waals surface area (Å²) in [5.74, 6) is 0.514. The summed E-state index contributed by atoms with van der Waals surface area (Å²) in [7, 11) is 2.91. The molecule has 0 spiro atoms. The first-order valence-corrected chi connectivity index (χ1v) is 16.3.